The molecule has 172 valence electrons. The third-order valence-corrected chi connectivity index (χ3v) is 7.09. The first-order valence-electron chi connectivity index (χ1n) is 10.6. The number of rotatable bonds is 4. The Labute approximate surface area is 192 Å². The van der Waals surface area contributed by atoms with Gasteiger partial charge in [0.15, 0.2) is 5.65 Å². The second-order valence-corrected chi connectivity index (χ2v) is 9.68. The van der Waals surface area contributed by atoms with Crippen LogP contribution in [0.4, 0.5) is 8.78 Å². The van der Waals surface area contributed by atoms with Crippen molar-refractivity contribution in [1.29, 1.82) is 0 Å². The van der Waals surface area contributed by atoms with Gasteiger partial charge in [0.2, 0.25) is 0 Å². The molecule has 4 aromatic heterocycles. The van der Waals surface area contributed by atoms with Crippen LogP contribution in [0, 0.1) is 6.92 Å². The summed E-state index contributed by atoms with van der Waals surface area (Å²) >= 11 is 1.25. The van der Waals surface area contributed by atoms with Gasteiger partial charge in [-0.15, -0.1) is 11.3 Å². The van der Waals surface area contributed by atoms with E-state index in [1.165, 1.54) is 11.3 Å². The van der Waals surface area contributed by atoms with Gasteiger partial charge >= 0.3 is 0 Å². The molecule has 3 N–H and O–H groups in total. The van der Waals surface area contributed by atoms with Crippen molar-refractivity contribution in [3.63, 3.8) is 0 Å². The zero-order valence-corrected chi connectivity index (χ0v) is 18.9. The van der Waals surface area contributed by atoms with Gasteiger partial charge in [0.05, 0.1) is 17.3 Å². The summed E-state index contributed by atoms with van der Waals surface area (Å²) in [6.07, 6.45) is 9.50. The Kier molecular flexibility index (Phi) is 5.25. The average Bonchev–Trinajstić information content (AvgIpc) is 3.48. The number of hydrogen-bond acceptors (Lipinski definition) is 6. The maximum absolute atomic E-state index is 14.3. The summed E-state index contributed by atoms with van der Waals surface area (Å²) in [4.78, 5) is 18.6. The monoisotopic (exact) mass is 471 g/mol. The number of nitrogens with two attached hydrogens (primary N) is 1. The molecule has 0 bridgehead atoms. The molecular weight excluding hydrogens is 448 g/mol. The number of thiophene rings is 1. The quantitative estimate of drug-likeness (QED) is 0.475. The second kappa shape index (κ2) is 7.99. The number of alkyl halides is 2. The summed E-state index contributed by atoms with van der Waals surface area (Å²) in [5.41, 5.74) is 9.88. The minimum absolute atomic E-state index is 0.268. The highest BCUT2D eigenvalue weighted by atomic mass is 32.1. The molecule has 11 heteroatoms. The molecule has 1 aliphatic rings. The number of aromatic nitrogens is 5. The van der Waals surface area contributed by atoms with Crippen LogP contribution in [0.2, 0.25) is 0 Å². The topological polar surface area (TPSA) is 103 Å². The van der Waals surface area contributed by atoms with E-state index in [0.717, 1.165) is 27.1 Å². The lowest BCUT2D eigenvalue weighted by molar-refractivity contribution is -0.0674. The summed E-state index contributed by atoms with van der Waals surface area (Å²) in [5.74, 6) is -3.56. The standard InChI is InChI=1S/C22H23F2N7OS/c1-12-15(6-18(33-12)21(32)29-19-17(25)4-3-5-22(19,23)24)16-9-28-31-11-13(7-26-20(16)31)14-8-27-30(2)10-14/h6-11,17,19H,3-5,25H2,1-2H3,(H,29,32)/t17-,19+/m0/s1. The molecule has 1 aliphatic carbocycles. The minimum atomic E-state index is -3.01. The van der Waals surface area contributed by atoms with Crippen molar-refractivity contribution >= 4 is 22.9 Å². The number of nitrogens with zero attached hydrogens (tertiary/aromatic N) is 5. The number of hydrogen-bond donors (Lipinski definition) is 2. The fraction of sp³-hybridized carbons (Fsp3) is 0.364. The van der Waals surface area contributed by atoms with Gasteiger partial charge < -0.3 is 11.1 Å². The molecule has 33 heavy (non-hydrogen) atoms. The van der Waals surface area contributed by atoms with Crippen molar-refractivity contribution in [2.75, 3.05) is 0 Å². The van der Waals surface area contributed by atoms with Gasteiger partial charge in [0.1, 0.15) is 6.04 Å². The molecule has 0 aromatic carbocycles. The molecule has 1 amide bonds. The van der Waals surface area contributed by atoms with Crippen molar-refractivity contribution in [2.24, 2.45) is 12.8 Å². The number of nitrogens with one attached hydrogen (secondary N) is 1. The van der Waals surface area contributed by atoms with E-state index in [4.69, 9.17) is 5.73 Å². The Balaban J connectivity index is 1.43. The molecule has 0 radical (unpaired) electrons. The van der Waals surface area contributed by atoms with Crippen LogP contribution in [0.3, 0.4) is 0 Å². The van der Waals surface area contributed by atoms with E-state index in [1.54, 1.807) is 33.9 Å². The average molecular weight is 472 g/mol. The summed E-state index contributed by atoms with van der Waals surface area (Å²) in [6, 6.07) is -0.430. The fourth-order valence-electron chi connectivity index (χ4n) is 4.28. The van der Waals surface area contributed by atoms with Crippen LogP contribution in [-0.4, -0.2) is 48.3 Å². The largest absolute Gasteiger partial charge is 0.341 e. The van der Waals surface area contributed by atoms with E-state index in [9.17, 15) is 13.6 Å². The molecule has 0 saturated heterocycles. The smallest absolute Gasteiger partial charge is 0.269 e. The van der Waals surface area contributed by atoms with E-state index in [0.29, 0.717) is 23.4 Å². The SMILES string of the molecule is Cc1sc(C(=O)N[C@@H]2[C@@H](N)CCCC2(F)F)cc1-c1cnn2cc(-c3cnn(C)c3)cnc12. The van der Waals surface area contributed by atoms with Gasteiger partial charge in [0.25, 0.3) is 11.8 Å². The number of carbonyl (C=O) groups is 1. The van der Waals surface area contributed by atoms with E-state index in [-0.39, 0.29) is 6.42 Å². The third-order valence-electron chi connectivity index (χ3n) is 6.04. The van der Waals surface area contributed by atoms with Gasteiger partial charge in [-0.1, -0.05) is 0 Å². The molecule has 0 aliphatic heterocycles. The predicted molar refractivity (Wildman–Crippen MR) is 121 cm³/mol. The highest BCUT2D eigenvalue weighted by Gasteiger charge is 2.46. The van der Waals surface area contributed by atoms with Crippen molar-refractivity contribution < 1.29 is 13.6 Å². The summed E-state index contributed by atoms with van der Waals surface area (Å²) < 4.78 is 32.0. The van der Waals surface area contributed by atoms with Crippen molar-refractivity contribution in [1.82, 2.24) is 29.7 Å². The molecular formula is C22H23F2N7OS. The summed E-state index contributed by atoms with van der Waals surface area (Å²) in [5, 5.41) is 11.1. The summed E-state index contributed by atoms with van der Waals surface area (Å²) in [7, 11) is 1.84. The van der Waals surface area contributed by atoms with Crippen LogP contribution in [0.5, 0.6) is 0 Å². The lowest BCUT2D eigenvalue weighted by Crippen LogP contribution is -2.59. The van der Waals surface area contributed by atoms with Gasteiger partial charge in [-0.05, 0) is 25.8 Å². The van der Waals surface area contributed by atoms with E-state index < -0.39 is 23.9 Å². The number of fused-ring (bicyclic) bond motifs is 1. The fourth-order valence-corrected chi connectivity index (χ4v) is 5.22. The molecule has 1 saturated carbocycles. The zero-order chi connectivity index (χ0) is 23.3. The number of carbonyl (C=O) groups excluding carboxylic acids is 1. The van der Waals surface area contributed by atoms with Gasteiger partial charge in [-0.3, -0.25) is 9.48 Å². The Morgan fingerprint density at radius 3 is 2.73 bits per heavy atom. The maximum atomic E-state index is 14.3. The highest BCUT2D eigenvalue weighted by molar-refractivity contribution is 7.14. The van der Waals surface area contributed by atoms with Crippen LogP contribution in [0.15, 0.2) is 37.1 Å². The van der Waals surface area contributed by atoms with E-state index in [1.807, 2.05) is 26.4 Å². The normalized spacial score (nSPS) is 20.3. The Morgan fingerprint density at radius 1 is 1.21 bits per heavy atom. The molecule has 0 unspecified atom stereocenters. The predicted octanol–water partition coefficient (Wildman–Crippen LogP) is 3.41. The Bertz CT molecular complexity index is 1340. The second-order valence-electron chi connectivity index (χ2n) is 8.42. The molecule has 2 atom stereocenters. The minimum Gasteiger partial charge on any atom is -0.341 e. The lowest BCUT2D eigenvalue weighted by atomic mass is 9.87. The Morgan fingerprint density at radius 2 is 2.00 bits per heavy atom. The Hall–Kier alpha value is -3.18. The van der Waals surface area contributed by atoms with Gasteiger partial charge in [0, 0.05) is 65.2 Å². The van der Waals surface area contributed by atoms with Crippen LogP contribution < -0.4 is 11.1 Å². The first-order valence-corrected chi connectivity index (χ1v) is 11.4. The number of halogens is 2. The van der Waals surface area contributed by atoms with Crippen LogP contribution in [0.25, 0.3) is 27.9 Å². The third kappa shape index (κ3) is 3.91. The number of amides is 1. The maximum Gasteiger partial charge on any atom is 0.269 e. The van der Waals surface area contributed by atoms with Crippen molar-refractivity contribution in [3.8, 4) is 22.3 Å². The van der Waals surface area contributed by atoms with Crippen LogP contribution in [0.1, 0.15) is 33.8 Å². The molecule has 8 nitrogen and oxygen atoms in total. The van der Waals surface area contributed by atoms with Gasteiger partial charge in [-0.2, -0.15) is 10.2 Å². The lowest BCUT2D eigenvalue weighted by Gasteiger charge is -2.36. The number of aryl methyl sites for hydroxylation is 2. The van der Waals surface area contributed by atoms with Crippen molar-refractivity contribution in [2.45, 2.75) is 44.2 Å². The molecule has 0 spiro atoms. The molecule has 4 aromatic rings. The highest BCUT2D eigenvalue weighted by Crippen LogP contribution is 2.36. The van der Waals surface area contributed by atoms with Crippen LogP contribution in [-0.2, 0) is 7.05 Å². The van der Waals surface area contributed by atoms with Crippen molar-refractivity contribution in [3.05, 3.63) is 46.8 Å². The van der Waals surface area contributed by atoms with Gasteiger partial charge in [-0.25, -0.2) is 18.3 Å². The van der Waals surface area contributed by atoms with Crippen LogP contribution >= 0.6 is 11.3 Å². The zero-order valence-electron chi connectivity index (χ0n) is 18.1. The first kappa shape index (κ1) is 21.7. The molecule has 4 heterocycles. The first-order chi connectivity index (χ1) is 15.7. The van der Waals surface area contributed by atoms with E-state index in [2.05, 4.69) is 20.5 Å². The summed E-state index contributed by atoms with van der Waals surface area (Å²) in [6.45, 7) is 1.88. The van der Waals surface area contributed by atoms with E-state index >= 15 is 0 Å². The molecule has 1 fully saturated rings. The molecule has 5 rings (SSSR count).